The third-order valence-corrected chi connectivity index (χ3v) is 3.06. The molecule has 3 nitrogen and oxygen atoms in total. The normalized spacial score (nSPS) is 24.2. The minimum Gasteiger partial charge on any atom is -0.340 e. The van der Waals surface area contributed by atoms with Crippen LogP contribution in [0.2, 0.25) is 0 Å². The van der Waals surface area contributed by atoms with E-state index in [-0.39, 0.29) is 5.91 Å². The van der Waals surface area contributed by atoms with Gasteiger partial charge in [-0.2, -0.15) is 11.8 Å². The van der Waals surface area contributed by atoms with E-state index in [0.717, 1.165) is 18.8 Å². The summed E-state index contributed by atoms with van der Waals surface area (Å²) in [5.41, 5.74) is 0. The second-order valence-electron chi connectivity index (χ2n) is 3.05. The minimum atomic E-state index is 0.227. The van der Waals surface area contributed by atoms with E-state index in [1.54, 1.807) is 7.05 Å². The van der Waals surface area contributed by atoms with E-state index in [1.807, 2.05) is 16.7 Å². The second kappa shape index (κ2) is 4.72. The Hall–Kier alpha value is -0.220. The molecule has 0 radical (unpaired) electrons. The van der Waals surface area contributed by atoms with Crippen molar-refractivity contribution >= 4 is 17.7 Å². The molecule has 1 rings (SSSR count). The monoisotopic (exact) mass is 188 g/mol. The summed E-state index contributed by atoms with van der Waals surface area (Å²) in [6, 6.07) is 0. The molecule has 0 bridgehead atoms. The first-order chi connectivity index (χ1) is 5.74. The smallest absolute Gasteiger partial charge is 0.236 e. The molecule has 1 amide bonds. The van der Waals surface area contributed by atoms with Gasteiger partial charge in [0.2, 0.25) is 5.91 Å². The van der Waals surface area contributed by atoms with Crippen molar-refractivity contribution in [1.29, 1.82) is 0 Å². The number of thioether (sulfide) groups is 1. The number of carbonyl (C=O) groups excluding carboxylic acids is 1. The maximum Gasteiger partial charge on any atom is 0.236 e. The molecule has 1 heterocycles. The van der Waals surface area contributed by atoms with Crippen LogP contribution in [0.5, 0.6) is 0 Å². The Morgan fingerprint density at radius 2 is 2.50 bits per heavy atom. The maximum atomic E-state index is 11.4. The first-order valence-electron chi connectivity index (χ1n) is 4.28. The highest BCUT2D eigenvalue weighted by atomic mass is 32.2. The predicted octanol–water partition coefficient (Wildman–Crippen LogP) is 0.170. The second-order valence-corrected chi connectivity index (χ2v) is 4.60. The summed E-state index contributed by atoms with van der Waals surface area (Å²) in [4.78, 5) is 13.3. The Bertz CT molecular complexity index is 163. The van der Waals surface area contributed by atoms with Gasteiger partial charge in [-0.1, -0.05) is 6.92 Å². The van der Waals surface area contributed by atoms with Gasteiger partial charge < -0.3 is 10.2 Å². The SMILES string of the molecule is CNCC(=O)N1CCSC(C)C1. The molecule has 0 aromatic rings. The molecule has 4 heteroatoms. The Morgan fingerprint density at radius 1 is 1.75 bits per heavy atom. The van der Waals surface area contributed by atoms with Crippen molar-refractivity contribution in [3.8, 4) is 0 Å². The molecule has 0 aromatic carbocycles. The quantitative estimate of drug-likeness (QED) is 0.670. The highest BCUT2D eigenvalue weighted by Crippen LogP contribution is 2.17. The first-order valence-corrected chi connectivity index (χ1v) is 5.33. The lowest BCUT2D eigenvalue weighted by Gasteiger charge is -2.30. The predicted molar refractivity (Wildman–Crippen MR) is 52.4 cm³/mol. The van der Waals surface area contributed by atoms with Crippen molar-refractivity contribution in [2.45, 2.75) is 12.2 Å². The zero-order chi connectivity index (χ0) is 8.97. The van der Waals surface area contributed by atoms with Gasteiger partial charge in [0.1, 0.15) is 0 Å². The zero-order valence-corrected chi connectivity index (χ0v) is 8.49. The van der Waals surface area contributed by atoms with Crippen LogP contribution in [0.25, 0.3) is 0 Å². The van der Waals surface area contributed by atoms with Gasteiger partial charge in [0.25, 0.3) is 0 Å². The highest BCUT2D eigenvalue weighted by molar-refractivity contribution is 7.99. The topological polar surface area (TPSA) is 32.3 Å². The van der Waals surface area contributed by atoms with Crippen molar-refractivity contribution in [2.75, 3.05) is 32.4 Å². The maximum absolute atomic E-state index is 11.4. The van der Waals surface area contributed by atoms with Gasteiger partial charge in [-0.05, 0) is 7.05 Å². The Balaban J connectivity index is 2.35. The molecule has 1 N–H and O–H groups in total. The molecule has 12 heavy (non-hydrogen) atoms. The standard InChI is InChI=1S/C8H16N2OS/c1-7-6-10(3-4-12-7)8(11)5-9-2/h7,9H,3-6H2,1-2H3. The molecule has 1 saturated heterocycles. The zero-order valence-electron chi connectivity index (χ0n) is 7.67. The van der Waals surface area contributed by atoms with Crippen LogP contribution in [0.3, 0.4) is 0 Å². The van der Waals surface area contributed by atoms with E-state index >= 15 is 0 Å². The fraction of sp³-hybridized carbons (Fsp3) is 0.875. The van der Waals surface area contributed by atoms with E-state index < -0.39 is 0 Å². The first kappa shape index (κ1) is 9.86. The number of rotatable bonds is 2. The number of amides is 1. The van der Waals surface area contributed by atoms with E-state index in [4.69, 9.17) is 0 Å². The van der Waals surface area contributed by atoms with E-state index in [2.05, 4.69) is 12.2 Å². The number of carbonyl (C=O) groups is 1. The molecule has 70 valence electrons. The lowest BCUT2D eigenvalue weighted by atomic mass is 10.3. The van der Waals surface area contributed by atoms with Crippen LogP contribution < -0.4 is 5.32 Å². The number of nitrogens with one attached hydrogen (secondary N) is 1. The Morgan fingerprint density at radius 3 is 3.08 bits per heavy atom. The van der Waals surface area contributed by atoms with Gasteiger partial charge in [0.05, 0.1) is 6.54 Å². The summed E-state index contributed by atoms with van der Waals surface area (Å²) >= 11 is 1.94. The average molecular weight is 188 g/mol. The van der Waals surface area contributed by atoms with Gasteiger partial charge in [-0.3, -0.25) is 4.79 Å². The summed E-state index contributed by atoms with van der Waals surface area (Å²) in [5.74, 6) is 1.31. The van der Waals surface area contributed by atoms with Crippen LogP contribution in [0.1, 0.15) is 6.92 Å². The lowest BCUT2D eigenvalue weighted by Crippen LogP contribution is -2.44. The van der Waals surface area contributed by atoms with Gasteiger partial charge >= 0.3 is 0 Å². The van der Waals surface area contributed by atoms with Crippen molar-refractivity contribution in [3.63, 3.8) is 0 Å². The van der Waals surface area contributed by atoms with Crippen molar-refractivity contribution in [1.82, 2.24) is 10.2 Å². The van der Waals surface area contributed by atoms with E-state index in [1.165, 1.54) is 0 Å². The molecule has 1 aliphatic heterocycles. The van der Waals surface area contributed by atoms with Crippen LogP contribution in [0.4, 0.5) is 0 Å². The number of hydrogen-bond donors (Lipinski definition) is 1. The number of hydrogen-bond acceptors (Lipinski definition) is 3. The number of nitrogens with zero attached hydrogens (tertiary/aromatic N) is 1. The summed E-state index contributed by atoms with van der Waals surface area (Å²) in [6.07, 6.45) is 0. The van der Waals surface area contributed by atoms with Crippen molar-refractivity contribution in [2.24, 2.45) is 0 Å². The minimum absolute atomic E-state index is 0.227. The summed E-state index contributed by atoms with van der Waals surface area (Å²) in [5, 5.41) is 3.48. The molecule has 0 spiro atoms. The van der Waals surface area contributed by atoms with Crippen LogP contribution >= 0.6 is 11.8 Å². The molecule has 0 saturated carbocycles. The molecule has 1 atom stereocenters. The van der Waals surface area contributed by atoms with Crippen LogP contribution in [0, 0.1) is 0 Å². The van der Waals surface area contributed by atoms with Crippen LogP contribution in [-0.2, 0) is 4.79 Å². The van der Waals surface area contributed by atoms with E-state index in [0.29, 0.717) is 11.8 Å². The molecule has 1 fully saturated rings. The third-order valence-electron chi connectivity index (χ3n) is 1.92. The van der Waals surface area contributed by atoms with Crippen LogP contribution in [-0.4, -0.2) is 48.5 Å². The van der Waals surface area contributed by atoms with Crippen molar-refractivity contribution in [3.05, 3.63) is 0 Å². The molecule has 1 aliphatic rings. The summed E-state index contributed by atoms with van der Waals surface area (Å²) in [7, 11) is 1.81. The van der Waals surface area contributed by atoms with Crippen molar-refractivity contribution < 1.29 is 4.79 Å². The largest absolute Gasteiger partial charge is 0.340 e. The van der Waals surface area contributed by atoms with E-state index in [9.17, 15) is 4.79 Å². The molecular formula is C8H16N2OS. The molecule has 0 aliphatic carbocycles. The molecule has 0 aromatic heterocycles. The van der Waals surface area contributed by atoms with Crippen LogP contribution in [0.15, 0.2) is 0 Å². The van der Waals surface area contributed by atoms with Gasteiger partial charge in [0.15, 0.2) is 0 Å². The number of likely N-dealkylation sites (N-methyl/N-ethyl adjacent to an activating group) is 1. The average Bonchev–Trinajstić information content (AvgIpc) is 2.05. The van der Waals surface area contributed by atoms with Gasteiger partial charge in [-0.15, -0.1) is 0 Å². The molecule has 1 unspecified atom stereocenters. The molecular weight excluding hydrogens is 172 g/mol. The fourth-order valence-corrected chi connectivity index (χ4v) is 2.32. The highest BCUT2D eigenvalue weighted by Gasteiger charge is 2.20. The third kappa shape index (κ3) is 2.68. The Labute approximate surface area is 77.9 Å². The summed E-state index contributed by atoms with van der Waals surface area (Å²) < 4.78 is 0. The van der Waals surface area contributed by atoms with Gasteiger partial charge in [0, 0.05) is 24.1 Å². The lowest BCUT2D eigenvalue weighted by molar-refractivity contribution is -0.130. The van der Waals surface area contributed by atoms with Gasteiger partial charge in [-0.25, -0.2) is 0 Å². The Kier molecular flexibility index (Phi) is 3.88. The fourth-order valence-electron chi connectivity index (χ4n) is 1.31. The summed E-state index contributed by atoms with van der Waals surface area (Å²) in [6.45, 7) is 4.46.